The van der Waals surface area contributed by atoms with Crippen LogP contribution in [0.3, 0.4) is 0 Å². The minimum absolute atomic E-state index is 0.0469. The molecule has 3 N–H and O–H groups in total. The number of amides is 2. The van der Waals surface area contributed by atoms with E-state index in [1.807, 2.05) is 20.8 Å². The molecular formula is C14H22BrN5O3. The topological polar surface area (TPSA) is 102 Å². The number of anilines is 1. The minimum atomic E-state index is -0.561. The number of nitrogens with two attached hydrogens (primary N) is 1. The van der Waals surface area contributed by atoms with Crippen molar-refractivity contribution in [3.63, 3.8) is 0 Å². The Bertz CT molecular complexity index is 623. The number of hydrogen-bond acceptors (Lipinski definition) is 5. The largest absolute Gasteiger partial charge is 0.444 e. The molecule has 2 heterocycles. The Morgan fingerprint density at radius 2 is 2.09 bits per heavy atom. The third kappa shape index (κ3) is 3.77. The summed E-state index contributed by atoms with van der Waals surface area (Å²) >= 11 is 3.26. The van der Waals surface area contributed by atoms with Gasteiger partial charge < -0.3 is 20.7 Å². The molecule has 0 aliphatic carbocycles. The molecule has 0 saturated carbocycles. The summed E-state index contributed by atoms with van der Waals surface area (Å²) in [5.74, 6) is -0.0186. The van der Waals surface area contributed by atoms with Crippen LogP contribution in [0, 0.1) is 0 Å². The van der Waals surface area contributed by atoms with Crippen LogP contribution in [-0.4, -0.2) is 52.4 Å². The van der Waals surface area contributed by atoms with Crippen molar-refractivity contribution in [2.75, 3.05) is 25.5 Å². The Hall–Kier alpha value is -1.77. The first-order valence-corrected chi connectivity index (χ1v) is 8.17. The second-order valence-corrected chi connectivity index (χ2v) is 7.19. The van der Waals surface area contributed by atoms with Crippen LogP contribution in [0.25, 0.3) is 0 Å². The number of halogens is 1. The lowest BCUT2D eigenvalue weighted by molar-refractivity contribution is 0.0288. The molecule has 2 rings (SSSR count). The van der Waals surface area contributed by atoms with Gasteiger partial charge in [-0.2, -0.15) is 5.10 Å². The molecule has 1 atom stereocenters. The molecule has 1 fully saturated rings. The van der Waals surface area contributed by atoms with Gasteiger partial charge in [0.15, 0.2) is 0 Å². The van der Waals surface area contributed by atoms with E-state index < -0.39 is 11.5 Å². The summed E-state index contributed by atoms with van der Waals surface area (Å²) in [5, 5.41) is 7.30. The maximum absolute atomic E-state index is 12.1. The van der Waals surface area contributed by atoms with Crippen molar-refractivity contribution in [1.82, 2.24) is 14.7 Å². The number of nitrogens with one attached hydrogen (secondary N) is 1. The number of carbonyl (C=O) groups excluding carboxylic acids is 2. The summed E-state index contributed by atoms with van der Waals surface area (Å²) in [7, 11) is 1.70. The standard InChI is InChI=1S/C14H22BrN5O3/c1-14(2,3)23-13(22)19-6-5-8(7-19)20-12(17-4)9(11(16)21)10(15)18-20/h8,17H,5-7H2,1-4H3,(H2,16,21). The van der Waals surface area contributed by atoms with Crippen LogP contribution in [0.15, 0.2) is 4.60 Å². The normalized spacial score (nSPS) is 18.1. The second-order valence-electron chi connectivity index (χ2n) is 6.44. The zero-order valence-corrected chi connectivity index (χ0v) is 15.3. The van der Waals surface area contributed by atoms with Gasteiger partial charge in [0, 0.05) is 20.1 Å². The number of rotatable bonds is 3. The van der Waals surface area contributed by atoms with Crippen molar-refractivity contribution in [1.29, 1.82) is 0 Å². The number of nitrogens with zero attached hydrogens (tertiary/aromatic N) is 3. The molecule has 1 aromatic rings. The maximum Gasteiger partial charge on any atom is 0.410 e. The SMILES string of the molecule is CNc1c(C(N)=O)c(Br)nn1C1CCN(C(=O)OC(C)(C)C)C1. The minimum Gasteiger partial charge on any atom is -0.444 e. The predicted molar refractivity (Wildman–Crippen MR) is 89.5 cm³/mol. The van der Waals surface area contributed by atoms with E-state index in [1.165, 1.54) is 0 Å². The van der Waals surface area contributed by atoms with Crippen LogP contribution in [0.2, 0.25) is 0 Å². The number of hydrogen-bond donors (Lipinski definition) is 2. The molecule has 1 aromatic heterocycles. The van der Waals surface area contributed by atoms with Crippen molar-refractivity contribution >= 4 is 33.7 Å². The Labute approximate surface area is 143 Å². The highest BCUT2D eigenvalue weighted by Gasteiger charge is 2.33. The summed E-state index contributed by atoms with van der Waals surface area (Å²) < 4.78 is 7.48. The van der Waals surface area contributed by atoms with E-state index in [-0.39, 0.29) is 12.1 Å². The van der Waals surface area contributed by atoms with Gasteiger partial charge in [0.25, 0.3) is 5.91 Å². The quantitative estimate of drug-likeness (QED) is 0.824. The Kier molecular flexibility index (Phi) is 4.88. The van der Waals surface area contributed by atoms with Crippen molar-refractivity contribution in [2.24, 2.45) is 5.73 Å². The third-order valence-electron chi connectivity index (χ3n) is 3.51. The van der Waals surface area contributed by atoms with Gasteiger partial charge in [-0.15, -0.1) is 0 Å². The highest BCUT2D eigenvalue weighted by molar-refractivity contribution is 9.10. The first kappa shape index (κ1) is 17.6. The van der Waals surface area contributed by atoms with Gasteiger partial charge >= 0.3 is 6.09 Å². The highest BCUT2D eigenvalue weighted by Crippen LogP contribution is 2.31. The van der Waals surface area contributed by atoms with Gasteiger partial charge in [-0.3, -0.25) is 4.79 Å². The van der Waals surface area contributed by atoms with Gasteiger partial charge in [0.05, 0.1) is 6.04 Å². The smallest absolute Gasteiger partial charge is 0.410 e. The molecule has 128 valence electrons. The van der Waals surface area contributed by atoms with Gasteiger partial charge in [-0.25, -0.2) is 9.48 Å². The molecule has 23 heavy (non-hydrogen) atoms. The van der Waals surface area contributed by atoms with Crippen LogP contribution >= 0.6 is 15.9 Å². The van der Waals surface area contributed by atoms with Gasteiger partial charge in [0.2, 0.25) is 0 Å². The summed E-state index contributed by atoms with van der Waals surface area (Å²) in [6.45, 7) is 6.55. The first-order chi connectivity index (χ1) is 10.6. The van der Waals surface area contributed by atoms with Crippen LogP contribution in [-0.2, 0) is 4.74 Å². The van der Waals surface area contributed by atoms with E-state index in [0.29, 0.717) is 29.1 Å². The van der Waals surface area contributed by atoms with E-state index in [9.17, 15) is 9.59 Å². The van der Waals surface area contributed by atoms with E-state index >= 15 is 0 Å². The fourth-order valence-corrected chi connectivity index (χ4v) is 3.12. The molecule has 0 bridgehead atoms. The number of aromatic nitrogens is 2. The van der Waals surface area contributed by atoms with Crippen molar-refractivity contribution in [3.8, 4) is 0 Å². The zero-order valence-electron chi connectivity index (χ0n) is 13.7. The van der Waals surface area contributed by atoms with E-state index in [0.717, 1.165) is 6.42 Å². The lowest BCUT2D eigenvalue weighted by Crippen LogP contribution is -2.35. The van der Waals surface area contributed by atoms with Gasteiger partial charge in [-0.1, -0.05) is 0 Å². The molecule has 0 aromatic carbocycles. The fourth-order valence-electron chi connectivity index (χ4n) is 2.56. The summed E-state index contributed by atoms with van der Waals surface area (Å²) in [4.78, 5) is 25.4. The average Bonchev–Trinajstić information content (AvgIpc) is 3.00. The van der Waals surface area contributed by atoms with E-state index in [1.54, 1.807) is 16.6 Å². The predicted octanol–water partition coefficient (Wildman–Crippen LogP) is 1.97. The monoisotopic (exact) mass is 387 g/mol. The molecule has 1 unspecified atom stereocenters. The number of likely N-dealkylation sites (tertiary alicyclic amines) is 1. The highest BCUT2D eigenvalue weighted by atomic mass is 79.9. The first-order valence-electron chi connectivity index (χ1n) is 7.37. The lowest BCUT2D eigenvalue weighted by atomic mass is 10.2. The van der Waals surface area contributed by atoms with Gasteiger partial charge in [0.1, 0.15) is 21.6 Å². The number of ether oxygens (including phenoxy) is 1. The number of carbonyl (C=O) groups is 2. The molecule has 8 nitrogen and oxygen atoms in total. The van der Waals surface area contributed by atoms with Gasteiger partial charge in [-0.05, 0) is 43.1 Å². The third-order valence-corrected chi connectivity index (χ3v) is 4.07. The van der Waals surface area contributed by atoms with Crippen LogP contribution in [0.1, 0.15) is 43.6 Å². The van der Waals surface area contributed by atoms with Crippen LogP contribution in [0.5, 0.6) is 0 Å². The van der Waals surface area contributed by atoms with E-state index in [2.05, 4.69) is 26.3 Å². The molecule has 9 heteroatoms. The molecule has 2 amide bonds. The lowest BCUT2D eigenvalue weighted by Gasteiger charge is -2.24. The molecule has 0 spiro atoms. The molecule has 1 saturated heterocycles. The van der Waals surface area contributed by atoms with Crippen LogP contribution < -0.4 is 11.1 Å². The summed E-state index contributed by atoms with van der Waals surface area (Å²) in [6, 6.07) is -0.0469. The molecule has 1 aliphatic heterocycles. The molecular weight excluding hydrogens is 366 g/mol. The summed E-state index contributed by atoms with van der Waals surface area (Å²) in [5.41, 5.74) is 5.18. The molecule has 0 radical (unpaired) electrons. The zero-order chi connectivity index (χ0) is 17.4. The van der Waals surface area contributed by atoms with Crippen LogP contribution in [0.4, 0.5) is 10.6 Å². The Morgan fingerprint density at radius 1 is 1.43 bits per heavy atom. The maximum atomic E-state index is 12.1. The average molecular weight is 388 g/mol. The number of primary amides is 1. The fraction of sp³-hybridized carbons (Fsp3) is 0.643. The Balaban J connectivity index is 2.18. The van der Waals surface area contributed by atoms with Crippen molar-refractivity contribution in [3.05, 3.63) is 10.2 Å². The Morgan fingerprint density at radius 3 is 2.61 bits per heavy atom. The van der Waals surface area contributed by atoms with Crippen molar-refractivity contribution < 1.29 is 14.3 Å². The van der Waals surface area contributed by atoms with Crippen molar-refractivity contribution in [2.45, 2.75) is 38.8 Å². The molecule has 1 aliphatic rings. The second kappa shape index (κ2) is 6.38. The van der Waals surface area contributed by atoms with E-state index in [4.69, 9.17) is 10.5 Å². The summed E-state index contributed by atoms with van der Waals surface area (Å²) in [6.07, 6.45) is 0.382.